The van der Waals surface area contributed by atoms with Crippen LogP contribution >= 0.6 is 11.6 Å². The normalized spacial score (nSPS) is 10.4. The summed E-state index contributed by atoms with van der Waals surface area (Å²) in [7, 11) is 0. The summed E-state index contributed by atoms with van der Waals surface area (Å²) in [4.78, 5) is 15.0. The molecule has 0 radical (unpaired) electrons. The number of aryl methyl sites for hydroxylation is 1. The van der Waals surface area contributed by atoms with Crippen molar-refractivity contribution < 1.29 is 9.53 Å². The van der Waals surface area contributed by atoms with Gasteiger partial charge in [0.15, 0.2) is 0 Å². The summed E-state index contributed by atoms with van der Waals surface area (Å²) in [5.41, 5.74) is 2.93. The molecule has 2 aromatic rings. The number of hydrogen-bond donors (Lipinski definition) is 1. The Bertz CT molecular complexity index is 575. The van der Waals surface area contributed by atoms with Crippen molar-refractivity contribution in [2.45, 2.75) is 13.8 Å². The summed E-state index contributed by atoms with van der Waals surface area (Å²) in [5.74, 6) is -0.328. The van der Waals surface area contributed by atoms with E-state index in [4.69, 9.17) is 16.3 Å². The van der Waals surface area contributed by atoms with Crippen LogP contribution in [0.25, 0.3) is 11.1 Å². The standard InChI is InChI=1S/C14H14ClNO2/c1-3-18-14(17)13-9(2)16-8-11(13)10-6-4-5-7-12(10)15/h4-8,16H,3H2,1-2H3. The highest BCUT2D eigenvalue weighted by molar-refractivity contribution is 6.33. The molecule has 3 nitrogen and oxygen atoms in total. The molecule has 0 atom stereocenters. The molecule has 1 aromatic carbocycles. The molecule has 0 amide bonds. The van der Waals surface area contributed by atoms with Crippen LogP contribution in [0.1, 0.15) is 23.0 Å². The van der Waals surface area contributed by atoms with Crippen LogP contribution in [0.2, 0.25) is 5.02 Å². The fraction of sp³-hybridized carbons (Fsp3) is 0.214. The number of rotatable bonds is 3. The Hall–Kier alpha value is -1.74. The quantitative estimate of drug-likeness (QED) is 0.856. The van der Waals surface area contributed by atoms with Crippen molar-refractivity contribution in [1.29, 1.82) is 0 Å². The molecule has 0 unspecified atom stereocenters. The lowest BCUT2D eigenvalue weighted by molar-refractivity contribution is 0.0526. The Morgan fingerprint density at radius 3 is 2.72 bits per heavy atom. The minimum Gasteiger partial charge on any atom is -0.462 e. The maximum Gasteiger partial charge on any atom is 0.340 e. The first-order chi connectivity index (χ1) is 8.65. The Morgan fingerprint density at radius 1 is 1.33 bits per heavy atom. The summed E-state index contributed by atoms with van der Waals surface area (Å²) >= 11 is 6.16. The summed E-state index contributed by atoms with van der Waals surface area (Å²) < 4.78 is 5.07. The van der Waals surface area contributed by atoms with Crippen LogP contribution in [0.15, 0.2) is 30.5 Å². The molecule has 1 heterocycles. The second kappa shape index (κ2) is 5.27. The molecule has 0 saturated carbocycles. The summed E-state index contributed by atoms with van der Waals surface area (Å²) in [6.07, 6.45) is 1.78. The number of hydrogen-bond acceptors (Lipinski definition) is 2. The van der Waals surface area contributed by atoms with Crippen LogP contribution in [-0.4, -0.2) is 17.6 Å². The lowest BCUT2D eigenvalue weighted by Gasteiger charge is -2.06. The molecule has 1 aromatic heterocycles. The minimum atomic E-state index is -0.328. The van der Waals surface area contributed by atoms with Crippen molar-refractivity contribution in [1.82, 2.24) is 4.98 Å². The van der Waals surface area contributed by atoms with Gasteiger partial charge in [-0.15, -0.1) is 0 Å². The van der Waals surface area contributed by atoms with Gasteiger partial charge in [0.1, 0.15) is 0 Å². The highest BCUT2D eigenvalue weighted by atomic mass is 35.5. The molecule has 0 bridgehead atoms. The Balaban J connectivity index is 2.53. The number of benzene rings is 1. The predicted octanol–water partition coefficient (Wildman–Crippen LogP) is 3.82. The molecule has 4 heteroatoms. The molecule has 1 N–H and O–H groups in total. The number of esters is 1. The van der Waals surface area contributed by atoms with Gasteiger partial charge < -0.3 is 9.72 Å². The number of aromatic amines is 1. The zero-order chi connectivity index (χ0) is 13.1. The van der Waals surface area contributed by atoms with E-state index in [1.54, 1.807) is 19.2 Å². The summed E-state index contributed by atoms with van der Waals surface area (Å²) in [6.45, 7) is 3.98. The van der Waals surface area contributed by atoms with Crippen molar-refractivity contribution >= 4 is 17.6 Å². The van der Waals surface area contributed by atoms with Gasteiger partial charge in [-0.1, -0.05) is 29.8 Å². The lowest BCUT2D eigenvalue weighted by Crippen LogP contribution is -2.06. The fourth-order valence-corrected chi connectivity index (χ4v) is 2.12. The van der Waals surface area contributed by atoms with Gasteiger partial charge in [0.25, 0.3) is 0 Å². The van der Waals surface area contributed by atoms with Gasteiger partial charge in [0.2, 0.25) is 0 Å². The maximum atomic E-state index is 11.9. The SMILES string of the molecule is CCOC(=O)c1c(-c2ccccc2Cl)c[nH]c1C. The molecule has 0 aliphatic carbocycles. The Labute approximate surface area is 111 Å². The second-order valence-corrected chi connectivity index (χ2v) is 4.31. The van der Waals surface area contributed by atoms with E-state index in [1.165, 1.54) is 0 Å². The maximum absolute atomic E-state index is 11.9. The van der Waals surface area contributed by atoms with E-state index in [9.17, 15) is 4.79 Å². The van der Waals surface area contributed by atoms with Crippen LogP contribution in [0, 0.1) is 6.92 Å². The van der Waals surface area contributed by atoms with Crippen LogP contribution in [0.4, 0.5) is 0 Å². The van der Waals surface area contributed by atoms with Crippen LogP contribution in [0.3, 0.4) is 0 Å². The van der Waals surface area contributed by atoms with E-state index in [0.717, 1.165) is 16.8 Å². The molecular weight excluding hydrogens is 250 g/mol. The number of carbonyl (C=O) groups is 1. The number of halogens is 1. The monoisotopic (exact) mass is 263 g/mol. The van der Waals surface area contributed by atoms with E-state index < -0.39 is 0 Å². The molecule has 18 heavy (non-hydrogen) atoms. The fourth-order valence-electron chi connectivity index (χ4n) is 1.89. The largest absolute Gasteiger partial charge is 0.462 e. The molecular formula is C14H14ClNO2. The van der Waals surface area contributed by atoms with Gasteiger partial charge in [-0.25, -0.2) is 4.79 Å². The average molecular weight is 264 g/mol. The van der Waals surface area contributed by atoms with Crippen LogP contribution in [0.5, 0.6) is 0 Å². The third-order valence-electron chi connectivity index (χ3n) is 2.72. The van der Waals surface area contributed by atoms with Crippen molar-refractivity contribution in [3.63, 3.8) is 0 Å². The Morgan fingerprint density at radius 2 is 2.06 bits per heavy atom. The van der Waals surface area contributed by atoms with E-state index in [2.05, 4.69) is 4.98 Å². The van der Waals surface area contributed by atoms with Gasteiger partial charge in [-0.05, 0) is 19.9 Å². The number of nitrogens with one attached hydrogen (secondary N) is 1. The third kappa shape index (κ3) is 2.27. The molecule has 2 rings (SSSR count). The van der Waals surface area contributed by atoms with Crippen molar-refractivity contribution in [2.75, 3.05) is 6.61 Å². The van der Waals surface area contributed by atoms with Gasteiger partial charge >= 0.3 is 5.97 Å². The summed E-state index contributed by atoms with van der Waals surface area (Å²) in [5, 5.41) is 0.613. The van der Waals surface area contributed by atoms with Crippen LogP contribution in [-0.2, 0) is 4.74 Å². The number of H-pyrrole nitrogens is 1. The topological polar surface area (TPSA) is 42.1 Å². The third-order valence-corrected chi connectivity index (χ3v) is 3.05. The Kier molecular flexibility index (Phi) is 3.72. The molecule has 0 saturated heterocycles. The van der Waals surface area contributed by atoms with Crippen molar-refractivity contribution in [3.8, 4) is 11.1 Å². The van der Waals surface area contributed by atoms with Crippen molar-refractivity contribution in [2.24, 2.45) is 0 Å². The van der Waals surface area contributed by atoms with E-state index in [-0.39, 0.29) is 5.97 Å². The van der Waals surface area contributed by atoms with E-state index in [0.29, 0.717) is 17.2 Å². The van der Waals surface area contributed by atoms with Crippen LogP contribution < -0.4 is 0 Å². The molecule has 0 fully saturated rings. The average Bonchev–Trinajstić information content (AvgIpc) is 2.72. The lowest BCUT2D eigenvalue weighted by atomic mass is 10.0. The van der Waals surface area contributed by atoms with E-state index in [1.807, 2.05) is 25.1 Å². The highest BCUT2D eigenvalue weighted by Crippen LogP contribution is 2.32. The number of carbonyl (C=O) groups excluding carboxylic acids is 1. The number of ether oxygens (including phenoxy) is 1. The zero-order valence-corrected chi connectivity index (χ0v) is 11.0. The minimum absolute atomic E-state index is 0.328. The molecule has 0 aliphatic heterocycles. The first kappa shape index (κ1) is 12.7. The molecule has 0 spiro atoms. The van der Waals surface area contributed by atoms with Gasteiger partial charge in [-0.3, -0.25) is 0 Å². The first-order valence-corrected chi connectivity index (χ1v) is 6.13. The second-order valence-electron chi connectivity index (χ2n) is 3.90. The van der Waals surface area contributed by atoms with Crippen molar-refractivity contribution in [3.05, 3.63) is 46.7 Å². The summed E-state index contributed by atoms with van der Waals surface area (Å²) in [6, 6.07) is 7.43. The molecule has 94 valence electrons. The van der Waals surface area contributed by atoms with Gasteiger partial charge in [0, 0.05) is 28.0 Å². The zero-order valence-electron chi connectivity index (χ0n) is 10.3. The first-order valence-electron chi connectivity index (χ1n) is 5.75. The van der Waals surface area contributed by atoms with Gasteiger partial charge in [-0.2, -0.15) is 0 Å². The van der Waals surface area contributed by atoms with Gasteiger partial charge in [0.05, 0.1) is 12.2 Å². The molecule has 0 aliphatic rings. The smallest absolute Gasteiger partial charge is 0.340 e. The number of aromatic nitrogens is 1. The highest BCUT2D eigenvalue weighted by Gasteiger charge is 2.19. The predicted molar refractivity (Wildman–Crippen MR) is 71.9 cm³/mol. The van der Waals surface area contributed by atoms with E-state index >= 15 is 0 Å².